The minimum Gasteiger partial charge on any atom is -0.356 e. The van der Waals surface area contributed by atoms with Gasteiger partial charge in [0.25, 0.3) is 0 Å². The Morgan fingerprint density at radius 2 is 2.06 bits per heavy atom. The summed E-state index contributed by atoms with van der Waals surface area (Å²) in [5, 5.41) is 3.28. The van der Waals surface area contributed by atoms with Crippen molar-refractivity contribution in [3.05, 3.63) is 23.9 Å². The van der Waals surface area contributed by atoms with E-state index in [9.17, 15) is 4.57 Å². The lowest BCUT2D eigenvalue weighted by atomic mass is 9.95. The van der Waals surface area contributed by atoms with Gasteiger partial charge in [-0.2, -0.15) is 0 Å². The van der Waals surface area contributed by atoms with Crippen molar-refractivity contribution in [2.45, 2.75) is 5.92 Å². The topological polar surface area (TPSA) is 45.2 Å². The van der Waals surface area contributed by atoms with Gasteiger partial charge in [-0.25, -0.2) is 4.98 Å². The molecule has 0 unspecified atom stereocenters. The molecule has 0 radical (unpaired) electrons. The minimum absolute atomic E-state index is 0.642. The van der Waals surface area contributed by atoms with Crippen molar-refractivity contribution in [2.24, 2.45) is 0 Å². The molecule has 1 aromatic rings. The van der Waals surface area contributed by atoms with Gasteiger partial charge in [0.1, 0.15) is 5.82 Å². The van der Waals surface area contributed by atoms with Gasteiger partial charge in [-0.15, -0.1) is 0 Å². The average molecular weight is 265 g/mol. The number of pyridine rings is 1. The van der Waals surface area contributed by atoms with Crippen LogP contribution in [0.5, 0.6) is 0 Å². The second-order valence-corrected chi connectivity index (χ2v) is 9.02. The summed E-state index contributed by atoms with van der Waals surface area (Å²) in [6, 6.07) is 4.30. The maximum Gasteiger partial charge on any atom is 0.128 e. The van der Waals surface area contributed by atoms with Crippen molar-refractivity contribution in [1.29, 1.82) is 0 Å². The Kier molecular flexibility index (Phi) is 3.16. The normalized spacial score (nSPS) is 23.7. The van der Waals surface area contributed by atoms with E-state index in [1.165, 1.54) is 5.56 Å². The summed E-state index contributed by atoms with van der Waals surface area (Å²) < 4.78 is 11.9. The highest BCUT2D eigenvalue weighted by Gasteiger charge is 2.25. The van der Waals surface area contributed by atoms with E-state index in [4.69, 9.17) is 0 Å². The second-order valence-electron chi connectivity index (χ2n) is 5.54. The quantitative estimate of drug-likeness (QED) is 0.825. The van der Waals surface area contributed by atoms with Crippen LogP contribution in [0.4, 0.5) is 5.82 Å². The zero-order chi connectivity index (χ0) is 12.6. The van der Waals surface area contributed by atoms with Crippen LogP contribution in [0.3, 0.4) is 0 Å². The van der Waals surface area contributed by atoms with Crippen molar-refractivity contribution in [1.82, 2.24) is 10.3 Å². The molecule has 4 nitrogen and oxygen atoms in total. The van der Waals surface area contributed by atoms with Gasteiger partial charge in [0, 0.05) is 50.6 Å². The summed E-state index contributed by atoms with van der Waals surface area (Å²) >= 11 is 0. The van der Waals surface area contributed by atoms with Crippen LogP contribution in [0.25, 0.3) is 0 Å². The third-order valence-electron chi connectivity index (χ3n) is 4.03. The van der Waals surface area contributed by atoms with E-state index < -0.39 is 7.14 Å². The van der Waals surface area contributed by atoms with Crippen molar-refractivity contribution in [3.63, 3.8) is 0 Å². The number of nitrogens with one attached hydrogen (secondary N) is 1. The summed E-state index contributed by atoms with van der Waals surface area (Å²) in [5.41, 5.74) is 1.33. The minimum atomic E-state index is -1.84. The predicted octanol–water partition coefficient (Wildman–Crippen LogP) is 1.58. The Labute approximate surface area is 108 Å². The Bertz CT molecular complexity index is 458. The first-order chi connectivity index (χ1) is 8.64. The summed E-state index contributed by atoms with van der Waals surface area (Å²) in [6.07, 6.45) is 3.65. The van der Waals surface area contributed by atoms with Crippen molar-refractivity contribution in [3.8, 4) is 0 Å². The fraction of sp³-hybridized carbons (Fsp3) is 0.615. The van der Waals surface area contributed by atoms with Crippen molar-refractivity contribution < 1.29 is 4.57 Å². The molecule has 0 aromatic carbocycles. The van der Waals surface area contributed by atoms with Crippen LogP contribution in [0.2, 0.25) is 0 Å². The van der Waals surface area contributed by atoms with Crippen LogP contribution in [-0.4, -0.2) is 50.2 Å². The van der Waals surface area contributed by atoms with Gasteiger partial charge in [0.15, 0.2) is 0 Å². The van der Waals surface area contributed by atoms with Gasteiger partial charge >= 0.3 is 0 Å². The fourth-order valence-electron chi connectivity index (χ4n) is 2.47. The third kappa shape index (κ3) is 2.45. The number of rotatable bonds is 2. The standard InChI is InChI=1S/C13H20N3OP/c1-18(17)6-4-16(5-7-18)13-3-2-11(10-15-13)12-8-14-9-12/h2-3,10,12,14H,4-9H2,1H3. The highest BCUT2D eigenvalue weighted by Crippen LogP contribution is 2.43. The third-order valence-corrected chi connectivity index (χ3v) is 6.33. The Hall–Kier alpha value is -0.860. The predicted molar refractivity (Wildman–Crippen MR) is 75.3 cm³/mol. The summed E-state index contributed by atoms with van der Waals surface area (Å²) in [7, 11) is -1.84. The molecular weight excluding hydrogens is 245 g/mol. The summed E-state index contributed by atoms with van der Waals surface area (Å²) in [6.45, 7) is 5.83. The molecule has 5 heteroatoms. The molecule has 1 aromatic heterocycles. The average Bonchev–Trinajstić information content (AvgIpc) is 2.28. The van der Waals surface area contributed by atoms with E-state index in [-0.39, 0.29) is 0 Å². The largest absolute Gasteiger partial charge is 0.356 e. The lowest BCUT2D eigenvalue weighted by molar-refractivity contribution is 0.447. The Balaban J connectivity index is 1.67. The van der Waals surface area contributed by atoms with E-state index in [1.807, 2.05) is 12.9 Å². The smallest absolute Gasteiger partial charge is 0.128 e. The van der Waals surface area contributed by atoms with Gasteiger partial charge in [0.2, 0.25) is 0 Å². The molecular formula is C13H20N3OP. The Morgan fingerprint density at radius 1 is 1.33 bits per heavy atom. The highest BCUT2D eigenvalue weighted by molar-refractivity contribution is 7.63. The number of nitrogens with zero attached hydrogens (tertiary/aromatic N) is 2. The molecule has 0 bridgehead atoms. The first-order valence-electron chi connectivity index (χ1n) is 6.61. The van der Waals surface area contributed by atoms with Gasteiger partial charge in [0.05, 0.1) is 7.14 Å². The molecule has 0 amide bonds. The zero-order valence-electron chi connectivity index (χ0n) is 10.8. The molecule has 0 saturated carbocycles. The molecule has 2 saturated heterocycles. The van der Waals surface area contributed by atoms with Crippen LogP contribution < -0.4 is 10.2 Å². The van der Waals surface area contributed by atoms with Crippen molar-refractivity contribution in [2.75, 3.05) is 50.1 Å². The lowest BCUT2D eigenvalue weighted by Gasteiger charge is -2.32. The SMILES string of the molecule is CP1(=O)CCN(c2ccc(C3CNC3)cn2)CC1. The maximum absolute atomic E-state index is 11.9. The van der Waals surface area contributed by atoms with E-state index in [0.717, 1.165) is 44.3 Å². The van der Waals surface area contributed by atoms with E-state index in [1.54, 1.807) is 0 Å². The molecule has 1 N–H and O–H groups in total. The van der Waals surface area contributed by atoms with Crippen LogP contribution in [0.15, 0.2) is 18.3 Å². The second kappa shape index (κ2) is 4.67. The molecule has 3 heterocycles. The Morgan fingerprint density at radius 3 is 2.56 bits per heavy atom. The monoisotopic (exact) mass is 265 g/mol. The first-order valence-corrected chi connectivity index (χ1v) is 9.14. The maximum atomic E-state index is 11.9. The van der Waals surface area contributed by atoms with E-state index >= 15 is 0 Å². The molecule has 2 aliphatic rings. The highest BCUT2D eigenvalue weighted by atomic mass is 31.2. The van der Waals surface area contributed by atoms with Crippen molar-refractivity contribution >= 4 is 13.0 Å². The fourth-order valence-corrected chi connectivity index (χ4v) is 4.02. The molecule has 0 atom stereocenters. The van der Waals surface area contributed by atoms with Gasteiger partial charge < -0.3 is 14.8 Å². The lowest BCUT2D eigenvalue weighted by Crippen LogP contribution is -2.40. The zero-order valence-corrected chi connectivity index (χ0v) is 11.7. The van der Waals surface area contributed by atoms with Crippen LogP contribution >= 0.6 is 7.14 Å². The number of anilines is 1. The molecule has 18 heavy (non-hydrogen) atoms. The molecule has 2 aliphatic heterocycles. The number of hydrogen-bond acceptors (Lipinski definition) is 4. The van der Waals surface area contributed by atoms with Crippen LogP contribution in [0, 0.1) is 0 Å². The molecule has 3 rings (SSSR count). The summed E-state index contributed by atoms with van der Waals surface area (Å²) in [5.74, 6) is 1.68. The van der Waals surface area contributed by atoms with E-state index in [2.05, 4.69) is 27.3 Å². The molecule has 0 spiro atoms. The van der Waals surface area contributed by atoms with E-state index in [0.29, 0.717) is 5.92 Å². The number of aromatic nitrogens is 1. The first kappa shape index (κ1) is 12.2. The van der Waals surface area contributed by atoms with Crippen LogP contribution in [0.1, 0.15) is 11.5 Å². The molecule has 98 valence electrons. The van der Waals surface area contributed by atoms with Gasteiger partial charge in [-0.05, 0) is 18.3 Å². The summed E-state index contributed by atoms with van der Waals surface area (Å²) in [4.78, 5) is 6.81. The van der Waals surface area contributed by atoms with Crippen LogP contribution in [-0.2, 0) is 4.57 Å². The van der Waals surface area contributed by atoms with Gasteiger partial charge in [-0.1, -0.05) is 6.07 Å². The molecule has 0 aliphatic carbocycles. The number of hydrogen-bond donors (Lipinski definition) is 1. The molecule has 2 fully saturated rings. The van der Waals surface area contributed by atoms with Gasteiger partial charge in [-0.3, -0.25) is 0 Å².